The predicted octanol–water partition coefficient (Wildman–Crippen LogP) is 4.73. The van der Waals surface area contributed by atoms with Crippen LogP contribution in [-0.4, -0.2) is 11.0 Å². The Morgan fingerprint density at radius 1 is 1.26 bits per heavy atom. The van der Waals surface area contributed by atoms with Crippen LogP contribution in [0.1, 0.15) is 5.56 Å². The second-order valence-corrected chi connectivity index (χ2v) is 7.39. The van der Waals surface area contributed by atoms with Gasteiger partial charge in [0.25, 0.3) is 0 Å². The molecule has 1 nitrogen and oxygen atoms in total. The molecule has 0 saturated carbocycles. The molecule has 1 unspecified atom stereocenters. The molecule has 2 N–H and O–H groups in total. The summed E-state index contributed by atoms with van der Waals surface area (Å²) in [4.78, 5) is 2.51. The smallest absolute Gasteiger partial charge is 0.0453 e. The molecule has 1 aliphatic heterocycles. The third kappa shape index (κ3) is 3.04. The summed E-state index contributed by atoms with van der Waals surface area (Å²) in [7, 11) is 0. The van der Waals surface area contributed by atoms with Crippen LogP contribution in [-0.2, 0) is 6.42 Å². The Labute approximate surface area is 126 Å². The fraction of sp³-hybridized carbons (Fsp3) is 0.200. The van der Waals surface area contributed by atoms with E-state index in [-0.39, 0.29) is 0 Å². The van der Waals surface area contributed by atoms with Crippen molar-refractivity contribution in [3.05, 3.63) is 53.1 Å². The number of rotatable bonds is 3. The van der Waals surface area contributed by atoms with Crippen LogP contribution in [0.15, 0.2) is 52.3 Å². The van der Waals surface area contributed by atoms with E-state index in [1.54, 1.807) is 11.8 Å². The van der Waals surface area contributed by atoms with Crippen molar-refractivity contribution >= 4 is 40.8 Å². The zero-order valence-electron chi connectivity index (χ0n) is 10.3. The number of benzene rings is 2. The molecule has 0 aliphatic carbocycles. The lowest BCUT2D eigenvalue weighted by Gasteiger charge is -2.10. The van der Waals surface area contributed by atoms with Crippen LogP contribution >= 0.6 is 35.1 Å². The highest BCUT2D eigenvalue weighted by Crippen LogP contribution is 2.40. The Balaban J connectivity index is 1.64. The Bertz CT molecular complexity index is 575. The van der Waals surface area contributed by atoms with Crippen LogP contribution in [0.2, 0.25) is 5.02 Å². The topological polar surface area (TPSA) is 26.0 Å². The van der Waals surface area contributed by atoms with Gasteiger partial charge in [-0.15, -0.1) is 23.5 Å². The van der Waals surface area contributed by atoms with E-state index < -0.39 is 0 Å². The first-order valence-electron chi connectivity index (χ1n) is 6.15. The second kappa shape index (κ2) is 5.70. The Hall–Kier alpha value is -0.770. The molecule has 0 amide bonds. The van der Waals surface area contributed by atoms with E-state index in [1.807, 2.05) is 30.0 Å². The van der Waals surface area contributed by atoms with Crippen LogP contribution in [0.25, 0.3) is 0 Å². The Morgan fingerprint density at radius 3 is 2.95 bits per heavy atom. The molecule has 1 heterocycles. The molecule has 19 heavy (non-hydrogen) atoms. The fourth-order valence-electron chi connectivity index (χ4n) is 2.16. The van der Waals surface area contributed by atoms with Gasteiger partial charge in [-0.25, -0.2) is 0 Å². The number of hydrogen-bond donors (Lipinski definition) is 1. The molecule has 2 aromatic carbocycles. The van der Waals surface area contributed by atoms with Gasteiger partial charge < -0.3 is 5.73 Å². The van der Waals surface area contributed by atoms with Crippen molar-refractivity contribution < 1.29 is 0 Å². The summed E-state index contributed by atoms with van der Waals surface area (Å²) in [6.45, 7) is 0. The average Bonchev–Trinajstić information content (AvgIpc) is 2.82. The molecular weight excluding hydrogens is 294 g/mol. The number of hydrogen-bond acceptors (Lipinski definition) is 3. The van der Waals surface area contributed by atoms with Gasteiger partial charge >= 0.3 is 0 Å². The van der Waals surface area contributed by atoms with Gasteiger partial charge in [-0.1, -0.05) is 29.8 Å². The van der Waals surface area contributed by atoms with Crippen molar-refractivity contribution in [3.8, 4) is 0 Å². The fourth-order valence-corrected chi connectivity index (χ4v) is 4.89. The highest BCUT2D eigenvalue weighted by atomic mass is 35.5. The van der Waals surface area contributed by atoms with E-state index >= 15 is 0 Å². The van der Waals surface area contributed by atoms with Crippen molar-refractivity contribution in [1.82, 2.24) is 0 Å². The number of anilines is 1. The summed E-state index contributed by atoms with van der Waals surface area (Å²) in [6, 6.07) is 14.3. The minimum Gasteiger partial charge on any atom is -0.398 e. The molecule has 1 atom stereocenters. The third-order valence-electron chi connectivity index (χ3n) is 3.11. The van der Waals surface area contributed by atoms with Crippen LogP contribution in [0, 0.1) is 0 Å². The van der Waals surface area contributed by atoms with Crippen molar-refractivity contribution in [2.75, 3.05) is 11.5 Å². The van der Waals surface area contributed by atoms with Gasteiger partial charge in [-0.3, -0.25) is 0 Å². The Morgan fingerprint density at radius 2 is 2.11 bits per heavy atom. The summed E-state index contributed by atoms with van der Waals surface area (Å²) in [5, 5.41) is 1.37. The molecule has 2 aromatic rings. The molecule has 98 valence electrons. The summed E-state index contributed by atoms with van der Waals surface area (Å²) >= 11 is 9.78. The van der Waals surface area contributed by atoms with E-state index in [2.05, 4.69) is 24.3 Å². The predicted molar refractivity (Wildman–Crippen MR) is 86.4 cm³/mol. The molecule has 1 aliphatic rings. The number of nitrogen functional groups attached to an aromatic ring is 1. The van der Waals surface area contributed by atoms with Crippen molar-refractivity contribution in [2.24, 2.45) is 0 Å². The van der Waals surface area contributed by atoms with Crippen LogP contribution < -0.4 is 5.73 Å². The van der Waals surface area contributed by atoms with E-state index in [0.717, 1.165) is 27.8 Å². The van der Waals surface area contributed by atoms with Gasteiger partial charge in [0.15, 0.2) is 0 Å². The third-order valence-corrected chi connectivity index (χ3v) is 6.11. The summed E-state index contributed by atoms with van der Waals surface area (Å²) in [5.74, 6) is 1.06. The monoisotopic (exact) mass is 307 g/mol. The molecule has 4 heteroatoms. The van der Waals surface area contributed by atoms with Crippen LogP contribution in [0.5, 0.6) is 0 Å². The van der Waals surface area contributed by atoms with E-state index in [0.29, 0.717) is 5.25 Å². The summed E-state index contributed by atoms with van der Waals surface area (Å²) < 4.78 is 0. The lowest BCUT2D eigenvalue weighted by atomic mass is 10.1. The zero-order valence-corrected chi connectivity index (χ0v) is 12.7. The lowest BCUT2D eigenvalue weighted by Crippen LogP contribution is -2.04. The molecule has 0 radical (unpaired) electrons. The minimum atomic E-state index is 0.626. The van der Waals surface area contributed by atoms with Gasteiger partial charge in [-0.05, 0) is 36.2 Å². The molecular formula is C15H14ClNS2. The highest BCUT2D eigenvalue weighted by molar-refractivity contribution is 8.03. The summed E-state index contributed by atoms with van der Waals surface area (Å²) in [5.41, 5.74) is 8.26. The summed E-state index contributed by atoms with van der Waals surface area (Å²) in [6.07, 6.45) is 1.15. The van der Waals surface area contributed by atoms with Crippen molar-refractivity contribution in [2.45, 2.75) is 21.5 Å². The van der Waals surface area contributed by atoms with E-state index in [1.165, 1.54) is 10.5 Å². The number of thioether (sulfide) groups is 2. The Kier molecular flexibility index (Phi) is 3.96. The molecule has 0 fully saturated rings. The number of halogens is 1. The van der Waals surface area contributed by atoms with Crippen LogP contribution in [0.3, 0.4) is 0 Å². The minimum absolute atomic E-state index is 0.626. The van der Waals surface area contributed by atoms with E-state index in [4.69, 9.17) is 17.3 Å². The first kappa shape index (κ1) is 13.2. The lowest BCUT2D eigenvalue weighted by molar-refractivity contribution is 0.970. The molecule has 0 saturated heterocycles. The van der Waals surface area contributed by atoms with Crippen LogP contribution in [0.4, 0.5) is 5.69 Å². The maximum absolute atomic E-state index is 6.01. The van der Waals surface area contributed by atoms with E-state index in [9.17, 15) is 0 Å². The van der Waals surface area contributed by atoms with Gasteiger partial charge in [-0.2, -0.15) is 0 Å². The van der Waals surface area contributed by atoms with Gasteiger partial charge in [0.1, 0.15) is 0 Å². The molecule has 3 rings (SSSR count). The highest BCUT2D eigenvalue weighted by Gasteiger charge is 2.21. The van der Waals surface area contributed by atoms with Gasteiger partial charge in [0, 0.05) is 31.5 Å². The van der Waals surface area contributed by atoms with Gasteiger partial charge in [0.2, 0.25) is 0 Å². The molecule has 0 bridgehead atoms. The first-order valence-corrected chi connectivity index (χ1v) is 8.39. The quantitative estimate of drug-likeness (QED) is 0.655. The molecule has 0 aromatic heterocycles. The zero-order chi connectivity index (χ0) is 13.2. The molecule has 0 spiro atoms. The van der Waals surface area contributed by atoms with Crippen molar-refractivity contribution in [1.29, 1.82) is 0 Å². The second-order valence-electron chi connectivity index (χ2n) is 4.54. The standard InChI is InChI=1S/C15H14ClNS2/c16-11-5-6-13(17)15(8-11)18-9-12-7-10-3-1-2-4-14(10)19-12/h1-6,8,12H,7,9,17H2. The van der Waals surface area contributed by atoms with Gasteiger partial charge in [0.05, 0.1) is 0 Å². The van der Waals surface area contributed by atoms with Crippen molar-refractivity contribution in [3.63, 3.8) is 0 Å². The maximum Gasteiger partial charge on any atom is 0.0453 e. The normalized spacial score (nSPS) is 17.4. The largest absolute Gasteiger partial charge is 0.398 e. The number of nitrogens with two attached hydrogens (primary N) is 1. The number of fused-ring (bicyclic) bond motifs is 1. The first-order chi connectivity index (χ1) is 9.22. The maximum atomic E-state index is 6.01. The average molecular weight is 308 g/mol. The SMILES string of the molecule is Nc1ccc(Cl)cc1SCC1Cc2ccccc2S1.